The molecule has 0 aromatic rings. The Labute approximate surface area is 103 Å². The van der Waals surface area contributed by atoms with E-state index < -0.39 is 43.9 Å². The summed E-state index contributed by atoms with van der Waals surface area (Å²) in [5.41, 5.74) is 0. The Bertz CT molecular complexity index is 527. The summed E-state index contributed by atoms with van der Waals surface area (Å²) in [5, 5.41) is -2.22. The molecular weight excluding hydrogens is 288 g/mol. The molecule has 104 valence electrons. The molecule has 0 amide bonds. The van der Waals surface area contributed by atoms with E-state index in [0.717, 1.165) is 0 Å². The highest BCUT2D eigenvalue weighted by atomic mass is 32.3. The van der Waals surface area contributed by atoms with Gasteiger partial charge in [0.25, 0.3) is 0 Å². The predicted octanol–water partition coefficient (Wildman–Crippen LogP) is 0.124. The second-order valence-corrected chi connectivity index (χ2v) is 11.8. The molecule has 6 nitrogen and oxygen atoms in total. The molecule has 0 radical (unpaired) electrons. The summed E-state index contributed by atoms with van der Waals surface area (Å²) in [4.78, 5) is 0. The molecule has 0 spiro atoms. The van der Waals surface area contributed by atoms with Crippen LogP contribution in [0.15, 0.2) is 0 Å². The molecule has 0 unspecified atom stereocenters. The lowest BCUT2D eigenvalue weighted by atomic mass is 10.6. The normalized spacial score (nSPS) is 14.8. The smallest absolute Gasteiger partial charge is 0.0568 e. The highest BCUT2D eigenvalue weighted by Gasteiger charge is 2.35. The van der Waals surface area contributed by atoms with Gasteiger partial charge in [0.1, 0.15) is 0 Å². The molecule has 9 heteroatoms. The first-order chi connectivity index (χ1) is 7.25. The van der Waals surface area contributed by atoms with E-state index in [2.05, 4.69) is 0 Å². The van der Waals surface area contributed by atoms with Crippen LogP contribution in [0.5, 0.6) is 0 Å². The second kappa shape index (κ2) is 4.85. The molecular formula is C8H17O6S3-. The number of hydrogen-bond donors (Lipinski definition) is 0. The number of hydrogen-bond acceptors (Lipinski definition) is 6. The Morgan fingerprint density at radius 2 is 0.941 bits per heavy atom. The molecule has 0 aliphatic rings. The molecule has 0 fully saturated rings. The maximum Gasteiger partial charge on any atom is 0.0568 e. The van der Waals surface area contributed by atoms with Gasteiger partial charge in [0, 0.05) is 20.7 Å². The zero-order chi connectivity index (χ0) is 14.2. The molecule has 0 aromatic carbocycles. The van der Waals surface area contributed by atoms with Gasteiger partial charge in [-0.25, -0.2) is 0 Å². The van der Waals surface area contributed by atoms with E-state index in [1.54, 1.807) is 0 Å². The topological polar surface area (TPSA) is 102 Å². The van der Waals surface area contributed by atoms with Crippen molar-refractivity contribution in [3.8, 4) is 0 Å². The van der Waals surface area contributed by atoms with E-state index >= 15 is 0 Å². The van der Waals surface area contributed by atoms with Gasteiger partial charge in [-0.1, -0.05) is 27.7 Å². The molecule has 17 heavy (non-hydrogen) atoms. The molecule has 0 aromatic heterocycles. The lowest BCUT2D eigenvalue weighted by molar-refractivity contribution is 0.577. The van der Waals surface area contributed by atoms with Crippen LogP contribution < -0.4 is 0 Å². The summed E-state index contributed by atoms with van der Waals surface area (Å²) >= 11 is 0. The molecule has 0 aliphatic carbocycles. The van der Waals surface area contributed by atoms with Crippen molar-refractivity contribution in [1.29, 1.82) is 0 Å². The molecule has 0 N–H and O–H groups in total. The predicted molar refractivity (Wildman–Crippen MR) is 66.2 cm³/mol. The quantitative estimate of drug-likeness (QED) is 0.669. The number of sulfone groups is 3. The highest BCUT2D eigenvalue weighted by molar-refractivity contribution is 8.29. The van der Waals surface area contributed by atoms with Crippen LogP contribution in [0.1, 0.15) is 27.7 Å². The SMILES string of the molecule is CC(C)S(=O)(=O)[C-](S(C)(=O)=O)S(=O)(=O)C(C)C. The molecule has 0 heterocycles. The largest absolute Gasteiger partial charge is 0.260 e. The Morgan fingerprint density at radius 1 is 0.706 bits per heavy atom. The Morgan fingerprint density at radius 3 is 1.06 bits per heavy atom. The minimum absolute atomic E-state index is 0.586. The van der Waals surface area contributed by atoms with Crippen LogP contribution in [0, 0.1) is 3.91 Å². The van der Waals surface area contributed by atoms with Gasteiger partial charge in [-0.15, -0.1) is 0 Å². The zero-order valence-electron chi connectivity index (χ0n) is 10.3. The average Bonchev–Trinajstić information content (AvgIpc) is 1.98. The Balaban J connectivity index is 6.22. The lowest BCUT2D eigenvalue weighted by Gasteiger charge is -2.31. The van der Waals surface area contributed by atoms with Gasteiger partial charge in [-0.05, 0) is 0 Å². The minimum Gasteiger partial charge on any atom is -0.260 e. The van der Waals surface area contributed by atoms with Gasteiger partial charge in [-0.2, -0.15) is 0 Å². The highest BCUT2D eigenvalue weighted by Crippen LogP contribution is 2.31. The molecule has 0 rings (SSSR count). The third kappa shape index (κ3) is 3.41. The van der Waals surface area contributed by atoms with Crippen LogP contribution in [0.4, 0.5) is 0 Å². The van der Waals surface area contributed by atoms with Crippen molar-refractivity contribution in [2.24, 2.45) is 0 Å². The summed E-state index contributed by atoms with van der Waals surface area (Å²) in [6, 6.07) is 0. The first kappa shape index (κ1) is 16.9. The summed E-state index contributed by atoms with van der Waals surface area (Å²) in [6.07, 6.45) is 0.586. The van der Waals surface area contributed by atoms with E-state index in [4.69, 9.17) is 0 Å². The van der Waals surface area contributed by atoms with E-state index in [9.17, 15) is 25.3 Å². The molecule has 0 aliphatic heterocycles. The zero-order valence-corrected chi connectivity index (χ0v) is 12.8. The summed E-state index contributed by atoms with van der Waals surface area (Å²) in [5.74, 6) is 0. The van der Waals surface area contributed by atoms with Gasteiger partial charge in [0.2, 0.25) is 0 Å². The fourth-order valence-corrected chi connectivity index (χ4v) is 8.72. The van der Waals surface area contributed by atoms with Gasteiger partial charge >= 0.3 is 0 Å². The van der Waals surface area contributed by atoms with Crippen LogP contribution in [0.3, 0.4) is 0 Å². The monoisotopic (exact) mass is 305 g/mol. The Kier molecular flexibility index (Phi) is 4.81. The lowest BCUT2D eigenvalue weighted by Crippen LogP contribution is -2.37. The van der Waals surface area contributed by atoms with Crippen molar-refractivity contribution in [2.45, 2.75) is 38.2 Å². The molecule has 0 bridgehead atoms. The van der Waals surface area contributed by atoms with Crippen molar-refractivity contribution in [2.75, 3.05) is 6.26 Å². The molecule has 0 atom stereocenters. The standard InChI is InChI=1S/C8H17O6S3/c1-6(2)16(11,12)8(15(5,9)10)17(13,14)7(3)4/h6-7H,1-5H3/q-1. The first-order valence-corrected chi connectivity index (χ1v) is 9.79. The van der Waals surface area contributed by atoms with Gasteiger partial charge < -0.3 is 0 Å². The summed E-state index contributed by atoms with van der Waals surface area (Å²) in [6.45, 7) is 4.93. The Hall–Kier alpha value is -0.150. The van der Waals surface area contributed by atoms with E-state index in [1.165, 1.54) is 27.7 Å². The van der Waals surface area contributed by atoms with Crippen molar-refractivity contribution in [1.82, 2.24) is 0 Å². The maximum absolute atomic E-state index is 11.8. The van der Waals surface area contributed by atoms with E-state index in [-0.39, 0.29) is 0 Å². The van der Waals surface area contributed by atoms with Crippen molar-refractivity contribution < 1.29 is 25.3 Å². The fourth-order valence-electron chi connectivity index (χ4n) is 0.969. The molecule has 0 saturated heterocycles. The number of rotatable bonds is 5. The van der Waals surface area contributed by atoms with Crippen LogP contribution in [0.2, 0.25) is 0 Å². The van der Waals surface area contributed by atoms with Gasteiger partial charge in [-0.3, -0.25) is 25.3 Å². The average molecular weight is 305 g/mol. The summed E-state index contributed by atoms with van der Waals surface area (Å²) in [7, 11) is -13.0. The third-order valence-corrected chi connectivity index (χ3v) is 10.6. The van der Waals surface area contributed by atoms with Crippen LogP contribution in [-0.2, 0) is 29.5 Å². The van der Waals surface area contributed by atoms with Crippen molar-refractivity contribution >= 4 is 29.5 Å². The second-order valence-electron chi connectivity index (χ2n) is 4.21. The minimum atomic E-state index is -4.36. The fraction of sp³-hybridized carbons (Fsp3) is 0.875. The van der Waals surface area contributed by atoms with Crippen LogP contribution in [0.25, 0.3) is 0 Å². The van der Waals surface area contributed by atoms with Crippen molar-refractivity contribution in [3.05, 3.63) is 3.91 Å². The van der Waals surface area contributed by atoms with E-state index in [0.29, 0.717) is 6.26 Å². The maximum atomic E-state index is 11.8. The summed E-state index contributed by atoms with van der Waals surface area (Å²) < 4.78 is 68.8. The first-order valence-electron chi connectivity index (χ1n) is 4.80. The third-order valence-electron chi connectivity index (χ3n) is 2.01. The van der Waals surface area contributed by atoms with Crippen molar-refractivity contribution in [3.63, 3.8) is 0 Å². The molecule has 0 saturated carbocycles. The van der Waals surface area contributed by atoms with Crippen LogP contribution >= 0.6 is 0 Å². The van der Waals surface area contributed by atoms with E-state index in [1.807, 2.05) is 0 Å². The van der Waals surface area contributed by atoms with Gasteiger partial charge in [0.05, 0.1) is 29.5 Å². The van der Waals surface area contributed by atoms with Crippen LogP contribution in [-0.4, -0.2) is 42.0 Å². The van der Waals surface area contributed by atoms with Gasteiger partial charge in [0.15, 0.2) is 0 Å².